The van der Waals surface area contributed by atoms with Crippen LogP contribution < -0.4 is 23.2 Å². The number of nitrogens with two attached hydrogens (primary N) is 4. The van der Waals surface area contributed by atoms with E-state index in [2.05, 4.69) is 15.9 Å². The van der Waals surface area contributed by atoms with Crippen molar-refractivity contribution in [3.8, 4) is 0 Å². The number of alkyl halides is 4. The molecule has 0 aromatic rings. The molecule has 0 aromatic heterocycles. The Balaban J connectivity index is 0.00000151. The summed E-state index contributed by atoms with van der Waals surface area (Å²) >= 11 is 0. The SMILES string of the molecule is CCCC(N)(N)OS(=O)(=O)C(F)(F)C(F)(F)C1CC2CCC1C2.NN. The second-order valence-electron chi connectivity index (χ2n) is 6.66. The third kappa shape index (κ3) is 4.25. The van der Waals surface area contributed by atoms with Crippen molar-refractivity contribution in [1.29, 1.82) is 0 Å². The lowest BCUT2D eigenvalue weighted by Gasteiger charge is -2.36. The fourth-order valence-electron chi connectivity index (χ4n) is 3.76. The maximum absolute atomic E-state index is 14.3. The van der Waals surface area contributed by atoms with Gasteiger partial charge >= 0.3 is 21.3 Å². The van der Waals surface area contributed by atoms with Gasteiger partial charge in [0.25, 0.3) is 0 Å². The van der Waals surface area contributed by atoms with E-state index in [9.17, 15) is 26.0 Å². The Morgan fingerprint density at radius 3 is 2.04 bits per heavy atom. The predicted octanol–water partition coefficient (Wildman–Crippen LogP) is 1.19. The normalized spacial score (nSPS) is 27.2. The van der Waals surface area contributed by atoms with Gasteiger partial charge in [-0.05, 0) is 31.1 Å². The van der Waals surface area contributed by atoms with E-state index >= 15 is 0 Å². The minimum absolute atomic E-state index is 0.0431. The van der Waals surface area contributed by atoms with E-state index in [1.54, 1.807) is 6.92 Å². The van der Waals surface area contributed by atoms with Crippen LogP contribution in [0.5, 0.6) is 0 Å². The number of halogens is 4. The Bertz CT molecular complexity index is 559. The molecule has 2 fully saturated rings. The average Bonchev–Trinajstić information content (AvgIpc) is 3.10. The summed E-state index contributed by atoms with van der Waals surface area (Å²) in [5.41, 5.74) is 10.5. The van der Waals surface area contributed by atoms with E-state index < -0.39 is 39.0 Å². The van der Waals surface area contributed by atoms with Gasteiger partial charge in [-0.15, -0.1) is 0 Å². The Morgan fingerprint density at radius 1 is 1.08 bits per heavy atom. The summed E-state index contributed by atoms with van der Waals surface area (Å²) in [4.78, 5) is 0. The molecule has 2 aliphatic rings. The molecule has 2 aliphatic carbocycles. The highest BCUT2D eigenvalue weighted by atomic mass is 32.2. The van der Waals surface area contributed by atoms with Gasteiger partial charge in [-0.25, -0.2) is 4.18 Å². The van der Waals surface area contributed by atoms with Gasteiger partial charge in [0.05, 0.1) is 0 Å². The standard InChI is InChI=1S/C13H22F4N2O3S.H4N2/c1-2-5-11(18,19)22-23(20,21)13(16,17)12(14,15)10-7-8-3-4-9(10)6-8;1-2/h8-10H,2-7,18-19H2,1H3;1-2H2. The smallest absolute Gasteiger partial charge is 0.290 e. The fraction of sp³-hybridized carbons (Fsp3) is 1.00. The molecule has 0 spiro atoms. The topological polar surface area (TPSA) is 147 Å². The van der Waals surface area contributed by atoms with Crippen molar-refractivity contribution in [2.24, 2.45) is 40.9 Å². The maximum Gasteiger partial charge on any atom is 0.432 e. The van der Waals surface area contributed by atoms with E-state index in [4.69, 9.17) is 11.5 Å². The van der Waals surface area contributed by atoms with Crippen molar-refractivity contribution < 1.29 is 30.2 Å². The first-order valence-corrected chi connectivity index (χ1v) is 9.37. The average molecular weight is 394 g/mol. The quantitative estimate of drug-likeness (QED) is 0.167. The summed E-state index contributed by atoms with van der Waals surface area (Å²) in [6.07, 6.45) is 1.42. The molecule has 0 aliphatic heterocycles. The van der Waals surface area contributed by atoms with Crippen LogP contribution in [0.3, 0.4) is 0 Å². The Morgan fingerprint density at radius 2 is 1.64 bits per heavy atom. The summed E-state index contributed by atoms with van der Waals surface area (Å²) in [5.74, 6) is -1.48. The molecule has 12 heteroatoms. The van der Waals surface area contributed by atoms with E-state index in [0.29, 0.717) is 12.8 Å². The number of hydrazine groups is 1. The number of fused-ring (bicyclic) bond motifs is 2. The van der Waals surface area contributed by atoms with E-state index in [1.165, 1.54) is 0 Å². The van der Waals surface area contributed by atoms with Crippen molar-refractivity contribution in [2.75, 3.05) is 0 Å². The van der Waals surface area contributed by atoms with E-state index in [1.807, 2.05) is 0 Å². The van der Waals surface area contributed by atoms with Gasteiger partial charge in [-0.3, -0.25) is 23.2 Å². The summed E-state index contributed by atoms with van der Waals surface area (Å²) in [5, 5.41) is -5.38. The minimum atomic E-state index is -5.98. The molecular formula is C13H26F4N4O3S. The minimum Gasteiger partial charge on any atom is -0.290 e. The molecule has 0 amide bonds. The monoisotopic (exact) mass is 394 g/mol. The molecule has 7 nitrogen and oxygen atoms in total. The first-order valence-electron chi connectivity index (χ1n) is 7.96. The molecular weight excluding hydrogens is 368 g/mol. The molecule has 2 rings (SSSR count). The van der Waals surface area contributed by atoms with Gasteiger partial charge in [0, 0.05) is 12.3 Å². The molecule has 3 atom stereocenters. The summed E-state index contributed by atoms with van der Waals surface area (Å²) in [6, 6.07) is 0. The van der Waals surface area contributed by atoms with Crippen molar-refractivity contribution in [1.82, 2.24) is 0 Å². The largest absolute Gasteiger partial charge is 0.432 e. The molecule has 2 bridgehead atoms. The zero-order valence-corrected chi connectivity index (χ0v) is 14.7. The number of hydrogen-bond donors (Lipinski definition) is 4. The second-order valence-corrected chi connectivity index (χ2v) is 8.25. The Labute approximate surface area is 144 Å². The zero-order valence-electron chi connectivity index (χ0n) is 13.9. The molecule has 0 saturated heterocycles. The molecule has 0 aromatic carbocycles. The lowest BCUT2D eigenvalue weighted by atomic mass is 9.84. The van der Waals surface area contributed by atoms with Gasteiger partial charge in [-0.1, -0.05) is 19.8 Å². The van der Waals surface area contributed by atoms with Gasteiger partial charge in [0.15, 0.2) is 5.85 Å². The van der Waals surface area contributed by atoms with Crippen molar-refractivity contribution in [3.05, 3.63) is 0 Å². The van der Waals surface area contributed by atoms with Gasteiger partial charge in [0.1, 0.15) is 0 Å². The molecule has 150 valence electrons. The molecule has 0 radical (unpaired) electrons. The molecule has 3 unspecified atom stereocenters. The second kappa shape index (κ2) is 7.61. The molecule has 8 N–H and O–H groups in total. The third-order valence-corrected chi connectivity index (χ3v) is 6.24. The van der Waals surface area contributed by atoms with E-state index in [-0.39, 0.29) is 25.2 Å². The van der Waals surface area contributed by atoms with Crippen LogP contribution in [0.15, 0.2) is 0 Å². The van der Waals surface area contributed by atoms with Crippen LogP contribution in [0.25, 0.3) is 0 Å². The van der Waals surface area contributed by atoms with Gasteiger partial charge in [-0.2, -0.15) is 26.0 Å². The highest BCUT2D eigenvalue weighted by molar-refractivity contribution is 7.87. The Kier molecular flexibility index (Phi) is 6.85. The molecule has 2 saturated carbocycles. The zero-order chi connectivity index (χ0) is 19.7. The van der Waals surface area contributed by atoms with E-state index in [0.717, 1.165) is 6.42 Å². The number of hydrogen-bond acceptors (Lipinski definition) is 7. The summed E-state index contributed by atoms with van der Waals surface area (Å²) < 4.78 is 84.5. The van der Waals surface area contributed by atoms with Crippen LogP contribution >= 0.6 is 0 Å². The van der Waals surface area contributed by atoms with Gasteiger partial charge in [0.2, 0.25) is 0 Å². The first kappa shape index (κ1) is 22.5. The van der Waals surface area contributed by atoms with Crippen LogP contribution in [0.2, 0.25) is 0 Å². The van der Waals surface area contributed by atoms with Crippen LogP contribution in [-0.2, 0) is 14.3 Å². The van der Waals surface area contributed by atoms with Crippen LogP contribution in [0, 0.1) is 17.8 Å². The summed E-state index contributed by atoms with van der Waals surface area (Å²) in [6.45, 7) is 1.56. The molecule has 25 heavy (non-hydrogen) atoms. The van der Waals surface area contributed by atoms with Crippen molar-refractivity contribution in [2.45, 2.75) is 62.5 Å². The maximum atomic E-state index is 14.3. The summed E-state index contributed by atoms with van der Waals surface area (Å²) in [7, 11) is -5.98. The van der Waals surface area contributed by atoms with Crippen LogP contribution in [0.1, 0.15) is 45.4 Å². The van der Waals surface area contributed by atoms with Crippen molar-refractivity contribution in [3.63, 3.8) is 0 Å². The predicted molar refractivity (Wildman–Crippen MR) is 83.2 cm³/mol. The lowest BCUT2D eigenvalue weighted by Crippen LogP contribution is -2.59. The number of rotatable bonds is 7. The Hall–Kier alpha value is -0.530. The third-order valence-electron chi connectivity index (χ3n) is 4.81. The highest BCUT2D eigenvalue weighted by Crippen LogP contribution is 2.58. The fourth-order valence-corrected chi connectivity index (χ4v) is 4.84. The lowest BCUT2D eigenvalue weighted by molar-refractivity contribution is -0.205. The van der Waals surface area contributed by atoms with Crippen LogP contribution in [0.4, 0.5) is 17.6 Å². The molecule has 0 heterocycles. The van der Waals surface area contributed by atoms with Crippen LogP contribution in [-0.4, -0.2) is 25.4 Å². The first-order chi connectivity index (χ1) is 11.3. The van der Waals surface area contributed by atoms with Gasteiger partial charge < -0.3 is 0 Å². The van der Waals surface area contributed by atoms with Crippen molar-refractivity contribution >= 4 is 10.1 Å². The highest BCUT2D eigenvalue weighted by Gasteiger charge is 2.72.